The van der Waals surface area contributed by atoms with Crippen LogP contribution in [0.4, 0.5) is 0 Å². The molecule has 0 radical (unpaired) electrons. The Labute approximate surface area is 96.6 Å². The highest BCUT2D eigenvalue weighted by atomic mass is 16.4. The molecule has 0 saturated heterocycles. The molecule has 1 aromatic rings. The fourth-order valence-corrected chi connectivity index (χ4v) is 1.63. The average Bonchev–Trinajstić information content (AvgIpc) is 2.75. The molecule has 1 aliphatic rings. The molecule has 3 N–H and O–H groups in total. The van der Waals surface area contributed by atoms with E-state index >= 15 is 0 Å². The minimum Gasteiger partial charge on any atom is -0.480 e. The van der Waals surface area contributed by atoms with Gasteiger partial charge in [-0.25, -0.2) is 14.6 Å². The molecule has 0 aliphatic carbocycles. The maximum atomic E-state index is 10.9. The number of benzene rings is 1. The van der Waals surface area contributed by atoms with Gasteiger partial charge in [-0.15, -0.1) is 0 Å². The van der Waals surface area contributed by atoms with Crippen molar-refractivity contribution in [2.75, 3.05) is 0 Å². The van der Waals surface area contributed by atoms with E-state index in [2.05, 4.69) is 10.3 Å². The Balaban J connectivity index is 2.31. The molecule has 2 atom stereocenters. The normalized spacial score (nSPS) is 22.7. The van der Waals surface area contributed by atoms with E-state index < -0.39 is 24.0 Å². The minimum absolute atomic E-state index is 0.297. The summed E-state index contributed by atoms with van der Waals surface area (Å²) in [6, 6.07) is 6.30. The number of aliphatic carboxylic acids is 2. The molecule has 0 bridgehead atoms. The standard InChI is InChI=1S/C11H10N2O4/c14-10(15)7-8(11(16)17)13-9(12-7)6-4-2-1-3-5-6/h1-5,7-8H,(H,12,13)(H,14,15)(H,16,17). The van der Waals surface area contributed by atoms with Gasteiger partial charge in [0.05, 0.1) is 0 Å². The summed E-state index contributed by atoms with van der Waals surface area (Å²) < 4.78 is 0. The number of nitrogens with zero attached hydrogens (tertiary/aromatic N) is 1. The second kappa shape index (κ2) is 4.25. The van der Waals surface area contributed by atoms with E-state index in [4.69, 9.17) is 10.2 Å². The van der Waals surface area contributed by atoms with Crippen molar-refractivity contribution in [3.63, 3.8) is 0 Å². The predicted octanol–water partition coefficient (Wildman–Crippen LogP) is -0.0572. The number of hydrogen-bond acceptors (Lipinski definition) is 4. The molecule has 1 aliphatic heterocycles. The molecule has 2 rings (SSSR count). The molecular weight excluding hydrogens is 224 g/mol. The van der Waals surface area contributed by atoms with Gasteiger partial charge >= 0.3 is 11.9 Å². The van der Waals surface area contributed by atoms with Gasteiger partial charge in [0.25, 0.3) is 0 Å². The van der Waals surface area contributed by atoms with E-state index in [1.807, 2.05) is 6.07 Å². The SMILES string of the molecule is O=C(O)C1N=C(c2ccccc2)NC1C(=O)O. The monoisotopic (exact) mass is 234 g/mol. The highest BCUT2D eigenvalue weighted by Crippen LogP contribution is 2.13. The first-order chi connectivity index (χ1) is 8.09. The molecule has 88 valence electrons. The minimum atomic E-state index is -1.29. The Bertz CT molecular complexity index is 484. The zero-order valence-electron chi connectivity index (χ0n) is 8.70. The molecule has 2 unspecified atom stereocenters. The van der Waals surface area contributed by atoms with Crippen molar-refractivity contribution in [2.45, 2.75) is 12.1 Å². The zero-order chi connectivity index (χ0) is 12.4. The topological polar surface area (TPSA) is 99.0 Å². The molecule has 0 aromatic heterocycles. The Kier molecular flexibility index (Phi) is 2.78. The lowest BCUT2D eigenvalue weighted by molar-refractivity contribution is -0.146. The Hall–Kier alpha value is -2.37. The van der Waals surface area contributed by atoms with E-state index in [1.54, 1.807) is 24.3 Å². The molecule has 1 aromatic carbocycles. The second-order valence-corrected chi connectivity index (χ2v) is 3.59. The number of aliphatic imine (C=N–C) groups is 1. The van der Waals surface area contributed by atoms with Crippen LogP contribution in [0.25, 0.3) is 0 Å². The molecule has 17 heavy (non-hydrogen) atoms. The van der Waals surface area contributed by atoms with Gasteiger partial charge in [0.15, 0.2) is 12.1 Å². The van der Waals surface area contributed by atoms with Crippen molar-refractivity contribution < 1.29 is 19.8 Å². The highest BCUT2D eigenvalue weighted by molar-refractivity contribution is 6.05. The van der Waals surface area contributed by atoms with Crippen LogP contribution in [-0.4, -0.2) is 40.1 Å². The van der Waals surface area contributed by atoms with Crippen LogP contribution < -0.4 is 5.32 Å². The van der Waals surface area contributed by atoms with Crippen LogP contribution in [0.3, 0.4) is 0 Å². The number of amidine groups is 1. The van der Waals surface area contributed by atoms with Gasteiger partial charge in [0.2, 0.25) is 0 Å². The molecule has 6 heteroatoms. The van der Waals surface area contributed by atoms with Gasteiger partial charge in [-0.1, -0.05) is 30.3 Å². The number of carboxylic acid groups (broad SMARTS) is 2. The summed E-state index contributed by atoms with van der Waals surface area (Å²) in [7, 11) is 0. The lowest BCUT2D eigenvalue weighted by atomic mass is 10.1. The van der Waals surface area contributed by atoms with E-state index in [-0.39, 0.29) is 0 Å². The molecule has 6 nitrogen and oxygen atoms in total. The van der Waals surface area contributed by atoms with E-state index in [9.17, 15) is 9.59 Å². The third-order valence-corrected chi connectivity index (χ3v) is 2.44. The van der Waals surface area contributed by atoms with Crippen LogP contribution in [0.1, 0.15) is 5.56 Å². The summed E-state index contributed by atoms with van der Waals surface area (Å²) in [5.41, 5.74) is 0.669. The van der Waals surface area contributed by atoms with Crippen molar-refractivity contribution in [3.05, 3.63) is 35.9 Å². The third-order valence-electron chi connectivity index (χ3n) is 2.44. The maximum Gasteiger partial charge on any atom is 0.331 e. The zero-order valence-corrected chi connectivity index (χ0v) is 8.70. The lowest BCUT2D eigenvalue weighted by Crippen LogP contribution is -2.44. The number of hydrogen-bond donors (Lipinski definition) is 3. The lowest BCUT2D eigenvalue weighted by Gasteiger charge is -2.10. The van der Waals surface area contributed by atoms with Crippen LogP contribution in [0.2, 0.25) is 0 Å². The molecule has 0 saturated carbocycles. The first-order valence-electron chi connectivity index (χ1n) is 4.95. The Morgan fingerprint density at radius 2 is 1.76 bits per heavy atom. The van der Waals surface area contributed by atoms with Gasteiger partial charge in [0, 0.05) is 5.56 Å². The fourth-order valence-electron chi connectivity index (χ4n) is 1.63. The van der Waals surface area contributed by atoms with Gasteiger partial charge in [-0.3, -0.25) is 0 Å². The van der Waals surface area contributed by atoms with Crippen molar-refractivity contribution in [1.82, 2.24) is 5.32 Å². The number of nitrogens with one attached hydrogen (secondary N) is 1. The molecular formula is C11H10N2O4. The summed E-state index contributed by atoms with van der Waals surface area (Å²) in [4.78, 5) is 25.7. The first kappa shape index (κ1) is 11.1. The summed E-state index contributed by atoms with van der Waals surface area (Å²) in [6.07, 6.45) is 0. The van der Waals surface area contributed by atoms with Gasteiger partial charge in [-0.05, 0) is 0 Å². The van der Waals surface area contributed by atoms with Crippen LogP contribution in [0, 0.1) is 0 Å². The highest BCUT2D eigenvalue weighted by Gasteiger charge is 2.39. The van der Waals surface area contributed by atoms with Gasteiger partial charge in [0.1, 0.15) is 5.84 Å². The number of rotatable bonds is 3. The van der Waals surface area contributed by atoms with Gasteiger partial charge in [-0.2, -0.15) is 0 Å². The van der Waals surface area contributed by atoms with E-state index in [0.29, 0.717) is 11.4 Å². The van der Waals surface area contributed by atoms with Crippen LogP contribution in [0.5, 0.6) is 0 Å². The number of carboxylic acids is 2. The average molecular weight is 234 g/mol. The van der Waals surface area contributed by atoms with Crippen LogP contribution in [-0.2, 0) is 9.59 Å². The van der Waals surface area contributed by atoms with Gasteiger partial charge < -0.3 is 15.5 Å². The smallest absolute Gasteiger partial charge is 0.331 e. The molecule has 0 fully saturated rings. The predicted molar refractivity (Wildman–Crippen MR) is 59.0 cm³/mol. The summed E-state index contributed by atoms with van der Waals surface area (Å²) in [5, 5.41) is 20.4. The maximum absolute atomic E-state index is 10.9. The van der Waals surface area contributed by atoms with Crippen molar-refractivity contribution in [1.29, 1.82) is 0 Å². The van der Waals surface area contributed by atoms with Crippen molar-refractivity contribution >= 4 is 17.8 Å². The van der Waals surface area contributed by atoms with Crippen molar-refractivity contribution in [2.24, 2.45) is 4.99 Å². The van der Waals surface area contributed by atoms with E-state index in [0.717, 1.165) is 0 Å². The molecule has 1 heterocycles. The fraction of sp³-hybridized carbons (Fsp3) is 0.182. The number of carbonyl (C=O) groups is 2. The third kappa shape index (κ3) is 2.10. The quantitative estimate of drug-likeness (QED) is 0.680. The van der Waals surface area contributed by atoms with Crippen LogP contribution >= 0.6 is 0 Å². The summed E-state index contributed by atoms with van der Waals surface area (Å²) in [5.74, 6) is -2.19. The Morgan fingerprint density at radius 1 is 1.12 bits per heavy atom. The molecule has 0 spiro atoms. The summed E-state index contributed by atoms with van der Waals surface area (Å²) >= 11 is 0. The molecule has 0 amide bonds. The Morgan fingerprint density at radius 3 is 2.24 bits per heavy atom. The van der Waals surface area contributed by atoms with E-state index in [1.165, 1.54) is 0 Å². The van der Waals surface area contributed by atoms with Crippen LogP contribution in [0.15, 0.2) is 35.3 Å². The summed E-state index contributed by atoms with van der Waals surface area (Å²) in [6.45, 7) is 0. The first-order valence-corrected chi connectivity index (χ1v) is 4.95. The largest absolute Gasteiger partial charge is 0.480 e. The second-order valence-electron chi connectivity index (χ2n) is 3.59. The van der Waals surface area contributed by atoms with Crippen molar-refractivity contribution in [3.8, 4) is 0 Å².